The van der Waals surface area contributed by atoms with Crippen LogP contribution in [0.2, 0.25) is 0 Å². The number of nitrogen functional groups attached to an aromatic ring is 1. The van der Waals surface area contributed by atoms with Crippen LogP contribution >= 0.6 is 0 Å². The molecule has 0 atom stereocenters. The minimum absolute atomic E-state index is 0.271. The van der Waals surface area contributed by atoms with Crippen molar-refractivity contribution in [3.8, 4) is 5.75 Å². The average Bonchev–Trinajstić information content (AvgIpc) is 2.47. The van der Waals surface area contributed by atoms with Gasteiger partial charge in [0.05, 0.1) is 19.3 Å². The van der Waals surface area contributed by atoms with Crippen LogP contribution in [-0.4, -0.2) is 24.7 Å². The number of anilines is 1. The number of nitrogens with zero attached hydrogens (tertiary/aromatic N) is 1. The van der Waals surface area contributed by atoms with E-state index in [0.29, 0.717) is 23.4 Å². The van der Waals surface area contributed by atoms with E-state index in [1.54, 1.807) is 24.4 Å². The van der Waals surface area contributed by atoms with E-state index in [4.69, 9.17) is 15.2 Å². The molecule has 0 bridgehead atoms. The smallest absolute Gasteiger partial charge is 0.338 e. The second-order valence-corrected chi connectivity index (χ2v) is 4.20. The van der Waals surface area contributed by atoms with E-state index in [0.717, 1.165) is 5.69 Å². The lowest BCUT2D eigenvalue weighted by Gasteiger charge is -2.07. The average molecular weight is 272 g/mol. The van der Waals surface area contributed by atoms with Crippen LogP contribution < -0.4 is 10.5 Å². The number of esters is 1. The largest absolute Gasteiger partial charge is 0.497 e. The molecule has 2 rings (SSSR count). The van der Waals surface area contributed by atoms with E-state index >= 15 is 0 Å². The Morgan fingerprint density at radius 3 is 2.85 bits per heavy atom. The Hall–Kier alpha value is -2.56. The zero-order valence-electron chi connectivity index (χ0n) is 11.2. The fourth-order valence-electron chi connectivity index (χ4n) is 1.74. The van der Waals surface area contributed by atoms with Crippen molar-refractivity contribution in [2.75, 3.05) is 19.5 Å². The Morgan fingerprint density at radius 1 is 1.30 bits per heavy atom. The van der Waals surface area contributed by atoms with Crippen molar-refractivity contribution < 1.29 is 14.3 Å². The maximum Gasteiger partial charge on any atom is 0.338 e. The summed E-state index contributed by atoms with van der Waals surface area (Å²) in [6.07, 6.45) is 2.28. The van der Waals surface area contributed by atoms with Crippen molar-refractivity contribution in [3.63, 3.8) is 0 Å². The Balaban J connectivity index is 1.93. The van der Waals surface area contributed by atoms with Crippen molar-refractivity contribution in [1.82, 2.24) is 4.98 Å². The number of aromatic nitrogens is 1. The van der Waals surface area contributed by atoms with Gasteiger partial charge in [-0.2, -0.15) is 0 Å². The Kier molecular flexibility index (Phi) is 4.55. The van der Waals surface area contributed by atoms with Crippen LogP contribution in [0.3, 0.4) is 0 Å². The summed E-state index contributed by atoms with van der Waals surface area (Å²) in [5, 5.41) is 0. The van der Waals surface area contributed by atoms with Crippen LogP contribution in [0.25, 0.3) is 0 Å². The molecule has 0 spiro atoms. The standard InChI is InChI=1S/C15H16N2O3/c1-19-14-9-11(8-12(16)10-14)15(18)20-7-5-13-4-2-3-6-17-13/h2-4,6,8-10H,5,7,16H2,1H3. The number of carbonyl (C=O) groups excluding carboxylic acids is 1. The predicted octanol–water partition coefficient (Wildman–Crippen LogP) is 2.07. The quantitative estimate of drug-likeness (QED) is 0.666. The number of nitrogens with two attached hydrogens (primary N) is 1. The molecule has 1 aromatic heterocycles. The van der Waals surface area contributed by atoms with Crippen LogP contribution in [-0.2, 0) is 11.2 Å². The lowest BCUT2D eigenvalue weighted by molar-refractivity contribution is 0.0508. The van der Waals surface area contributed by atoms with E-state index in [1.807, 2.05) is 18.2 Å². The van der Waals surface area contributed by atoms with Gasteiger partial charge in [-0.3, -0.25) is 4.98 Å². The summed E-state index contributed by atoms with van der Waals surface area (Å²) < 4.78 is 10.3. The summed E-state index contributed by atoms with van der Waals surface area (Å²) in [6.45, 7) is 0.271. The lowest BCUT2D eigenvalue weighted by Crippen LogP contribution is -2.09. The van der Waals surface area contributed by atoms with Gasteiger partial charge in [-0.25, -0.2) is 4.79 Å². The number of hydrogen-bond donors (Lipinski definition) is 1. The lowest BCUT2D eigenvalue weighted by atomic mass is 10.2. The fraction of sp³-hybridized carbons (Fsp3) is 0.200. The van der Waals surface area contributed by atoms with Crippen LogP contribution in [0.4, 0.5) is 5.69 Å². The van der Waals surface area contributed by atoms with E-state index in [1.165, 1.54) is 7.11 Å². The van der Waals surface area contributed by atoms with Crippen LogP contribution in [0.5, 0.6) is 5.75 Å². The van der Waals surface area contributed by atoms with Gasteiger partial charge in [-0.15, -0.1) is 0 Å². The van der Waals surface area contributed by atoms with Crippen molar-refractivity contribution >= 4 is 11.7 Å². The predicted molar refractivity (Wildman–Crippen MR) is 75.6 cm³/mol. The molecule has 20 heavy (non-hydrogen) atoms. The van der Waals surface area contributed by atoms with Gasteiger partial charge in [0.15, 0.2) is 0 Å². The molecule has 0 unspecified atom stereocenters. The third-order valence-corrected chi connectivity index (χ3v) is 2.72. The minimum atomic E-state index is -0.425. The normalized spacial score (nSPS) is 10.1. The van der Waals surface area contributed by atoms with Crippen molar-refractivity contribution in [1.29, 1.82) is 0 Å². The molecule has 0 fully saturated rings. The number of benzene rings is 1. The molecule has 0 saturated heterocycles. The highest BCUT2D eigenvalue weighted by molar-refractivity contribution is 5.91. The minimum Gasteiger partial charge on any atom is -0.497 e. The maximum atomic E-state index is 11.9. The number of carbonyl (C=O) groups is 1. The first kappa shape index (κ1) is 13.9. The highest BCUT2D eigenvalue weighted by atomic mass is 16.5. The van der Waals surface area contributed by atoms with Crippen molar-refractivity contribution in [2.45, 2.75) is 6.42 Å². The number of hydrogen-bond acceptors (Lipinski definition) is 5. The highest BCUT2D eigenvalue weighted by Crippen LogP contribution is 2.19. The number of rotatable bonds is 5. The topological polar surface area (TPSA) is 74.4 Å². The SMILES string of the molecule is COc1cc(N)cc(C(=O)OCCc2ccccn2)c1. The Labute approximate surface area is 117 Å². The molecule has 5 heteroatoms. The van der Waals surface area contributed by atoms with Crippen LogP contribution in [0, 0.1) is 0 Å². The van der Waals surface area contributed by atoms with Crippen molar-refractivity contribution in [3.05, 3.63) is 53.9 Å². The first-order valence-electron chi connectivity index (χ1n) is 6.20. The molecule has 0 aliphatic carbocycles. The molecule has 2 aromatic rings. The summed E-state index contributed by atoms with van der Waals surface area (Å²) in [4.78, 5) is 16.1. The summed E-state index contributed by atoms with van der Waals surface area (Å²) in [5.74, 6) is 0.105. The maximum absolute atomic E-state index is 11.9. The summed E-state index contributed by atoms with van der Waals surface area (Å²) in [7, 11) is 1.52. The zero-order valence-corrected chi connectivity index (χ0v) is 11.2. The third-order valence-electron chi connectivity index (χ3n) is 2.72. The number of ether oxygens (including phenoxy) is 2. The molecular formula is C15H16N2O3. The van der Waals surface area contributed by atoms with Gasteiger partial charge >= 0.3 is 5.97 Å². The summed E-state index contributed by atoms with van der Waals surface area (Å²) in [6, 6.07) is 10.4. The van der Waals surface area contributed by atoms with E-state index in [2.05, 4.69) is 4.98 Å². The van der Waals surface area contributed by atoms with E-state index in [-0.39, 0.29) is 6.61 Å². The number of pyridine rings is 1. The molecule has 0 aliphatic heterocycles. The monoisotopic (exact) mass is 272 g/mol. The van der Waals surface area contributed by atoms with E-state index in [9.17, 15) is 4.79 Å². The van der Waals surface area contributed by atoms with Gasteiger partial charge in [0, 0.05) is 30.1 Å². The molecule has 0 saturated carbocycles. The summed E-state index contributed by atoms with van der Waals surface area (Å²) in [5.41, 5.74) is 7.41. The molecule has 1 aromatic carbocycles. The Morgan fingerprint density at radius 2 is 2.15 bits per heavy atom. The summed E-state index contributed by atoms with van der Waals surface area (Å²) >= 11 is 0. The molecule has 0 radical (unpaired) electrons. The van der Waals surface area contributed by atoms with Gasteiger partial charge in [-0.05, 0) is 24.3 Å². The number of methoxy groups -OCH3 is 1. The zero-order chi connectivity index (χ0) is 14.4. The van der Waals surface area contributed by atoms with Gasteiger partial charge in [0.25, 0.3) is 0 Å². The molecule has 1 heterocycles. The molecule has 5 nitrogen and oxygen atoms in total. The fourth-order valence-corrected chi connectivity index (χ4v) is 1.74. The molecule has 0 amide bonds. The van der Waals surface area contributed by atoms with Crippen molar-refractivity contribution in [2.24, 2.45) is 0 Å². The van der Waals surface area contributed by atoms with Gasteiger partial charge in [-0.1, -0.05) is 6.07 Å². The second kappa shape index (κ2) is 6.56. The van der Waals surface area contributed by atoms with Crippen LogP contribution in [0.1, 0.15) is 16.1 Å². The third kappa shape index (κ3) is 3.71. The van der Waals surface area contributed by atoms with Gasteiger partial charge in [0.1, 0.15) is 5.75 Å². The van der Waals surface area contributed by atoms with Gasteiger partial charge in [0.2, 0.25) is 0 Å². The molecule has 0 aliphatic rings. The first-order chi connectivity index (χ1) is 9.69. The first-order valence-corrected chi connectivity index (χ1v) is 6.20. The highest BCUT2D eigenvalue weighted by Gasteiger charge is 2.10. The molecule has 104 valence electrons. The molecular weight excluding hydrogens is 256 g/mol. The van der Waals surface area contributed by atoms with E-state index < -0.39 is 5.97 Å². The second-order valence-electron chi connectivity index (χ2n) is 4.20. The van der Waals surface area contributed by atoms with Gasteiger partial charge < -0.3 is 15.2 Å². The van der Waals surface area contributed by atoms with Crippen LogP contribution in [0.15, 0.2) is 42.6 Å². The molecule has 2 N–H and O–H groups in total. The Bertz CT molecular complexity index is 585.